The number of unbranched alkanes of at least 4 members (excludes halogenated alkanes) is 3. The Hall–Kier alpha value is -1.65. The third-order valence-corrected chi connectivity index (χ3v) is 4.25. The van der Waals surface area contributed by atoms with E-state index in [1.54, 1.807) is 0 Å². The quantitative estimate of drug-likeness (QED) is 0.710. The molecule has 0 amide bonds. The minimum absolute atomic E-state index is 0.583. The van der Waals surface area contributed by atoms with Crippen molar-refractivity contribution in [2.24, 2.45) is 0 Å². The molecule has 1 fully saturated rings. The van der Waals surface area contributed by atoms with Crippen molar-refractivity contribution in [3.63, 3.8) is 0 Å². The van der Waals surface area contributed by atoms with Gasteiger partial charge in [0.05, 0.1) is 6.33 Å². The first kappa shape index (κ1) is 15.3. The zero-order valence-electron chi connectivity index (χ0n) is 13.8. The van der Waals surface area contributed by atoms with E-state index in [0.717, 1.165) is 42.7 Å². The number of anilines is 1. The normalized spacial score (nSPS) is 14.6. The van der Waals surface area contributed by atoms with Crippen LogP contribution in [0.5, 0.6) is 0 Å². The Labute approximate surface area is 132 Å². The van der Waals surface area contributed by atoms with E-state index in [1.165, 1.54) is 38.5 Å². The molecule has 1 saturated carbocycles. The summed E-state index contributed by atoms with van der Waals surface area (Å²) in [6, 6.07) is 0. The summed E-state index contributed by atoms with van der Waals surface area (Å²) in [7, 11) is 0. The van der Waals surface area contributed by atoms with Crippen LogP contribution in [-0.2, 0) is 6.54 Å². The first-order valence-electron chi connectivity index (χ1n) is 8.80. The molecule has 1 N–H and O–H groups in total. The lowest BCUT2D eigenvalue weighted by molar-refractivity contribution is 0.618. The fourth-order valence-electron chi connectivity index (χ4n) is 2.68. The van der Waals surface area contributed by atoms with Gasteiger partial charge in [0, 0.05) is 19.0 Å². The smallest absolute Gasteiger partial charge is 0.165 e. The lowest BCUT2D eigenvalue weighted by Crippen LogP contribution is -2.11. The summed E-state index contributed by atoms with van der Waals surface area (Å²) in [5, 5.41) is 3.45. The third-order valence-electron chi connectivity index (χ3n) is 4.25. The predicted molar refractivity (Wildman–Crippen MR) is 89.3 cm³/mol. The monoisotopic (exact) mass is 301 g/mol. The molecule has 1 aliphatic carbocycles. The van der Waals surface area contributed by atoms with Crippen molar-refractivity contribution in [3.8, 4) is 11.5 Å². The molecular weight excluding hydrogens is 274 g/mol. The van der Waals surface area contributed by atoms with Gasteiger partial charge in [0.2, 0.25) is 0 Å². The van der Waals surface area contributed by atoms with Gasteiger partial charge in [-0.05, 0) is 25.7 Å². The fourth-order valence-corrected chi connectivity index (χ4v) is 2.68. The molecule has 3 aliphatic rings. The van der Waals surface area contributed by atoms with E-state index >= 15 is 0 Å². The first-order chi connectivity index (χ1) is 10.8. The summed E-state index contributed by atoms with van der Waals surface area (Å²) in [6.45, 7) is 6.36. The second-order valence-corrected chi connectivity index (χ2v) is 6.30. The van der Waals surface area contributed by atoms with Crippen LogP contribution < -0.4 is 5.32 Å². The average molecular weight is 301 g/mol. The maximum Gasteiger partial charge on any atom is 0.165 e. The Bertz CT molecular complexity index is 573. The van der Waals surface area contributed by atoms with E-state index < -0.39 is 0 Å². The topological polar surface area (TPSA) is 55.6 Å². The molecule has 0 spiro atoms. The van der Waals surface area contributed by atoms with E-state index in [2.05, 4.69) is 28.7 Å². The van der Waals surface area contributed by atoms with E-state index in [1.807, 2.05) is 6.33 Å². The average Bonchev–Trinajstić information content (AvgIpc) is 3.29. The SMILES string of the molecule is CCCCCNc1ncn(CCCC)c2nc(C3CC3)nc1-2. The van der Waals surface area contributed by atoms with Gasteiger partial charge < -0.3 is 9.88 Å². The maximum absolute atomic E-state index is 4.80. The lowest BCUT2D eigenvalue weighted by Gasteiger charge is -2.13. The molecule has 0 radical (unpaired) electrons. The Balaban J connectivity index is 1.82. The highest BCUT2D eigenvalue weighted by molar-refractivity contribution is 5.67. The van der Waals surface area contributed by atoms with Gasteiger partial charge in [-0.2, -0.15) is 0 Å². The largest absolute Gasteiger partial charge is 0.368 e. The highest BCUT2D eigenvalue weighted by Gasteiger charge is 2.31. The standard InChI is InChI=1S/C17H27N5/c1-3-5-7-10-18-16-14-17(21-15(20-14)13-8-9-13)22(12-19-16)11-6-4-2/h12-13,18H,3-11H2,1-2H3. The summed E-state index contributed by atoms with van der Waals surface area (Å²) in [5.41, 5.74) is 0.956. The molecule has 0 atom stereocenters. The summed E-state index contributed by atoms with van der Waals surface area (Å²) in [5.74, 6) is 3.51. The van der Waals surface area contributed by atoms with Crippen molar-refractivity contribution < 1.29 is 0 Å². The van der Waals surface area contributed by atoms with Crippen molar-refractivity contribution in [1.29, 1.82) is 0 Å². The van der Waals surface area contributed by atoms with Gasteiger partial charge >= 0.3 is 0 Å². The Kier molecular flexibility index (Phi) is 4.90. The van der Waals surface area contributed by atoms with Crippen LogP contribution in [0.1, 0.15) is 70.5 Å². The van der Waals surface area contributed by atoms with Crippen molar-refractivity contribution in [3.05, 3.63) is 12.2 Å². The number of imidazole rings is 1. The number of aryl methyl sites for hydroxylation is 1. The van der Waals surface area contributed by atoms with E-state index in [0.29, 0.717) is 5.92 Å². The molecule has 0 unspecified atom stereocenters. The van der Waals surface area contributed by atoms with E-state index in [-0.39, 0.29) is 0 Å². The highest BCUT2D eigenvalue weighted by atomic mass is 15.2. The molecule has 5 nitrogen and oxygen atoms in total. The molecule has 0 aromatic heterocycles. The van der Waals surface area contributed by atoms with Gasteiger partial charge in [0.1, 0.15) is 5.82 Å². The van der Waals surface area contributed by atoms with Gasteiger partial charge in [0.25, 0.3) is 0 Å². The molecule has 22 heavy (non-hydrogen) atoms. The number of aromatic nitrogens is 4. The fraction of sp³-hybridized carbons (Fsp3) is 0.706. The van der Waals surface area contributed by atoms with Gasteiger partial charge in [-0.3, -0.25) is 0 Å². The second kappa shape index (κ2) is 7.07. The van der Waals surface area contributed by atoms with Crippen LogP contribution in [0.4, 0.5) is 5.82 Å². The molecular formula is C17H27N5. The number of hydrogen-bond acceptors (Lipinski definition) is 4. The number of nitrogens with one attached hydrogen (secondary N) is 1. The summed E-state index contributed by atoms with van der Waals surface area (Å²) < 4.78 is 2.16. The van der Waals surface area contributed by atoms with Crippen LogP contribution >= 0.6 is 0 Å². The minimum atomic E-state index is 0.583. The molecule has 120 valence electrons. The molecule has 5 heteroatoms. The summed E-state index contributed by atoms with van der Waals surface area (Å²) in [6.07, 6.45) is 10.4. The minimum Gasteiger partial charge on any atom is -0.368 e. The first-order valence-corrected chi connectivity index (χ1v) is 8.80. The maximum atomic E-state index is 4.80. The van der Waals surface area contributed by atoms with E-state index in [4.69, 9.17) is 9.97 Å². The predicted octanol–water partition coefficient (Wildman–Crippen LogP) is 4.06. The van der Waals surface area contributed by atoms with Crippen molar-refractivity contribution in [2.45, 2.75) is 71.3 Å². The van der Waals surface area contributed by atoms with Gasteiger partial charge in [0.15, 0.2) is 17.3 Å². The molecule has 0 bridgehead atoms. The summed E-state index contributed by atoms with van der Waals surface area (Å²) >= 11 is 0. The second-order valence-electron chi connectivity index (χ2n) is 6.30. The van der Waals surface area contributed by atoms with Crippen LogP contribution in [-0.4, -0.2) is 26.1 Å². The summed E-state index contributed by atoms with van der Waals surface area (Å²) in [4.78, 5) is 14.2. The van der Waals surface area contributed by atoms with E-state index in [9.17, 15) is 0 Å². The number of hydrogen-bond donors (Lipinski definition) is 1. The highest BCUT2D eigenvalue weighted by Crippen LogP contribution is 2.40. The molecule has 2 aliphatic heterocycles. The van der Waals surface area contributed by atoms with Crippen molar-refractivity contribution >= 4 is 5.82 Å². The number of rotatable bonds is 9. The molecule has 0 saturated heterocycles. The van der Waals surface area contributed by atoms with Crippen LogP contribution in [0.25, 0.3) is 11.5 Å². The van der Waals surface area contributed by atoms with Gasteiger partial charge in [-0.1, -0.05) is 33.1 Å². The van der Waals surface area contributed by atoms with Crippen LogP contribution in [0.3, 0.4) is 0 Å². The lowest BCUT2D eigenvalue weighted by atomic mass is 10.2. The Morgan fingerprint density at radius 2 is 1.95 bits per heavy atom. The van der Waals surface area contributed by atoms with Crippen molar-refractivity contribution in [1.82, 2.24) is 19.5 Å². The number of nitrogens with zero attached hydrogens (tertiary/aromatic N) is 4. The third kappa shape index (κ3) is 3.39. The van der Waals surface area contributed by atoms with Crippen LogP contribution in [0, 0.1) is 0 Å². The van der Waals surface area contributed by atoms with Crippen molar-refractivity contribution in [2.75, 3.05) is 11.9 Å². The Morgan fingerprint density at radius 1 is 1.14 bits per heavy atom. The van der Waals surface area contributed by atoms with Gasteiger partial charge in [-0.25, -0.2) is 15.0 Å². The Morgan fingerprint density at radius 3 is 2.68 bits per heavy atom. The van der Waals surface area contributed by atoms with Gasteiger partial charge in [-0.15, -0.1) is 0 Å². The zero-order chi connectivity index (χ0) is 15.4. The van der Waals surface area contributed by atoms with Crippen LogP contribution in [0.2, 0.25) is 0 Å². The molecule has 0 aromatic carbocycles. The molecule has 2 heterocycles. The number of fused-ring (bicyclic) bond motifs is 1. The van der Waals surface area contributed by atoms with Crippen LogP contribution in [0.15, 0.2) is 6.33 Å². The zero-order valence-corrected chi connectivity index (χ0v) is 13.8. The molecule has 3 rings (SSSR count). The molecule has 0 aromatic rings.